The standard InChI is InChI=1S/C17H22O3/c1-3-5-6-14-7-9-15(10-8-14)11-12-16(18)13-17(19)20-4-2/h7-12H,3-6,13H2,1-2H3/b12-11+. The number of aryl methyl sites for hydroxylation is 1. The highest BCUT2D eigenvalue weighted by Crippen LogP contribution is 2.09. The molecule has 0 saturated carbocycles. The first kappa shape index (κ1) is 16.2. The first-order valence-electron chi connectivity index (χ1n) is 7.11. The highest BCUT2D eigenvalue weighted by Gasteiger charge is 2.06. The number of ketones is 1. The minimum absolute atomic E-state index is 0.196. The van der Waals surface area contributed by atoms with E-state index in [1.54, 1.807) is 13.0 Å². The van der Waals surface area contributed by atoms with Gasteiger partial charge in [-0.05, 0) is 37.0 Å². The van der Waals surface area contributed by atoms with Crippen molar-refractivity contribution in [1.82, 2.24) is 0 Å². The van der Waals surface area contributed by atoms with Crippen molar-refractivity contribution in [3.8, 4) is 0 Å². The Labute approximate surface area is 120 Å². The molecule has 3 heteroatoms. The SMILES string of the molecule is CCCCc1ccc(/C=C/C(=O)CC(=O)OCC)cc1. The Balaban J connectivity index is 2.49. The maximum Gasteiger partial charge on any atom is 0.313 e. The molecule has 0 fully saturated rings. The third kappa shape index (κ3) is 6.32. The zero-order valence-corrected chi connectivity index (χ0v) is 12.2. The van der Waals surface area contributed by atoms with Gasteiger partial charge in [-0.2, -0.15) is 0 Å². The van der Waals surface area contributed by atoms with Crippen LogP contribution in [0, 0.1) is 0 Å². The average molecular weight is 274 g/mol. The van der Waals surface area contributed by atoms with Gasteiger partial charge in [0.15, 0.2) is 5.78 Å². The number of allylic oxidation sites excluding steroid dienone is 1. The van der Waals surface area contributed by atoms with E-state index in [1.807, 2.05) is 12.1 Å². The first-order chi connectivity index (χ1) is 9.65. The molecule has 0 aliphatic heterocycles. The summed E-state index contributed by atoms with van der Waals surface area (Å²) in [5.41, 5.74) is 2.27. The van der Waals surface area contributed by atoms with Crippen molar-refractivity contribution in [2.75, 3.05) is 6.61 Å². The molecule has 0 radical (unpaired) electrons. The van der Waals surface area contributed by atoms with Crippen LogP contribution in [0.3, 0.4) is 0 Å². The van der Waals surface area contributed by atoms with Crippen LogP contribution in [0.15, 0.2) is 30.3 Å². The molecule has 0 aliphatic carbocycles. The van der Waals surface area contributed by atoms with E-state index in [-0.39, 0.29) is 12.2 Å². The summed E-state index contributed by atoms with van der Waals surface area (Å²) in [6.07, 6.45) is 6.42. The monoisotopic (exact) mass is 274 g/mol. The maximum atomic E-state index is 11.5. The predicted octanol–water partition coefficient (Wildman–Crippen LogP) is 3.56. The molecule has 20 heavy (non-hydrogen) atoms. The summed E-state index contributed by atoms with van der Waals surface area (Å²) in [5.74, 6) is -0.712. The molecule has 0 spiro atoms. The fraction of sp³-hybridized carbons (Fsp3) is 0.412. The van der Waals surface area contributed by atoms with E-state index in [1.165, 1.54) is 24.5 Å². The summed E-state index contributed by atoms with van der Waals surface area (Å²) < 4.78 is 4.72. The van der Waals surface area contributed by atoms with Gasteiger partial charge in [-0.3, -0.25) is 9.59 Å². The van der Waals surface area contributed by atoms with E-state index >= 15 is 0 Å². The number of esters is 1. The molecule has 3 nitrogen and oxygen atoms in total. The number of rotatable bonds is 8. The van der Waals surface area contributed by atoms with Crippen molar-refractivity contribution in [1.29, 1.82) is 0 Å². The summed E-state index contributed by atoms with van der Waals surface area (Å²) in [6, 6.07) is 8.12. The Morgan fingerprint density at radius 3 is 2.45 bits per heavy atom. The molecular weight excluding hydrogens is 252 g/mol. The fourth-order valence-corrected chi connectivity index (χ4v) is 1.78. The van der Waals surface area contributed by atoms with Crippen LogP contribution in [-0.4, -0.2) is 18.4 Å². The summed E-state index contributed by atoms with van der Waals surface area (Å²) in [7, 11) is 0. The van der Waals surface area contributed by atoms with E-state index in [4.69, 9.17) is 4.74 Å². The van der Waals surface area contributed by atoms with Gasteiger partial charge in [0, 0.05) is 0 Å². The number of carbonyl (C=O) groups is 2. The first-order valence-corrected chi connectivity index (χ1v) is 7.11. The Morgan fingerprint density at radius 2 is 1.85 bits per heavy atom. The van der Waals surface area contributed by atoms with Crippen LogP contribution in [0.1, 0.15) is 44.2 Å². The van der Waals surface area contributed by atoms with Crippen LogP contribution in [0.25, 0.3) is 6.08 Å². The third-order valence-electron chi connectivity index (χ3n) is 2.88. The van der Waals surface area contributed by atoms with Crippen molar-refractivity contribution in [3.63, 3.8) is 0 Å². The van der Waals surface area contributed by atoms with Crippen LogP contribution < -0.4 is 0 Å². The lowest BCUT2D eigenvalue weighted by molar-refractivity contribution is -0.144. The molecule has 0 N–H and O–H groups in total. The summed E-state index contributed by atoms with van der Waals surface area (Å²) in [4.78, 5) is 22.7. The number of benzene rings is 1. The molecule has 1 rings (SSSR count). The van der Waals surface area contributed by atoms with Crippen LogP contribution in [0.4, 0.5) is 0 Å². The van der Waals surface area contributed by atoms with Crippen LogP contribution in [0.5, 0.6) is 0 Å². The number of ether oxygens (including phenoxy) is 1. The maximum absolute atomic E-state index is 11.5. The molecule has 0 heterocycles. The second-order valence-electron chi connectivity index (χ2n) is 4.63. The van der Waals surface area contributed by atoms with Crippen molar-refractivity contribution in [2.45, 2.75) is 39.5 Å². The lowest BCUT2D eigenvalue weighted by Gasteiger charge is -2.00. The lowest BCUT2D eigenvalue weighted by Crippen LogP contribution is -2.08. The van der Waals surface area contributed by atoms with Gasteiger partial charge < -0.3 is 4.74 Å². The third-order valence-corrected chi connectivity index (χ3v) is 2.88. The van der Waals surface area contributed by atoms with Gasteiger partial charge >= 0.3 is 5.97 Å². The van der Waals surface area contributed by atoms with Gasteiger partial charge in [-0.25, -0.2) is 0 Å². The van der Waals surface area contributed by atoms with E-state index in [9.17, 15) is 9.59 Å². The van der Waals surface area contributed by atoms with Gasteiger partial charge in [-0.15, -0.1) is 0 Å². The van der Waals surface area contributed by atoms with Crippen LogP contribution in [0.2, 0.25) is 0 Å². The molecule has 108 valence electrons. The molecule has 0 unspecified atom stereocenters. The normalized spacial score (nSPS) is 10.7. The Kier molecular flexibility index (Phi) is 7.33. The number of carbonyl (C=O) groups excluding carboxylic acids is 2. The Morgan fingerprint density at radius 1 is 1.15 bits per heavy atom. The minimum atomic E-state index is -0.475. The minimum Gasteiger partial charge on any atom is -0.466 e. The Hall–Kier alpha value is -1.90. The topological polar surface area (TPSA) is 43.4 Å². The fourth-order valence-electron chi connectivity index (χ4n) is 1.78. The average Bonchev–Trinajstić information content (AvgIpc) is 2.44. The van der Waals surface area contributed by atoms with E-state index in [0.717, 1.165) is 12.0 Å². The molecule has 0 bridgehead atoms. The van der Waals surface area contributed by atoms with Gasteiger partial charge in [0.2, 0.25) is 0 Å². The number of unbranched alkanes of at least 4 members (excludes halogenated alkanes) is 1. The van der Waals surface area contributed by atoms with Gasteiger partial charge in [0.05, 0.1) is 6.61 Å². The molecule has 0 saturated heterocycles. The predicted molar refractivity (Wildman–Crippen MR) is 80.3 cm³/mol. The second-order valence-corrected chi connectivity index (χ2v) is 4.63. The molecule has 1 aromatic carbocycles. The quantitative estimate of drug-likeness (QED) is 0.413. The molecular formula is C17H22O3. The molecule has 0 atom stereocenters. The van der Waals surface area contributed by atoms with Gasteiger partial charge in [-0.1, -0.05) is 43.7 Å². The van der Waals surface area contributed by atoms with Crippen molar-refractivity contribution in [3.05, 3.63) is 41.5 Å². The second kappa shape index (κ2) is 9.08. The van der Waals surface area contributed by atoms with Crippen molar-refractivity contribution < 1.29 is 14.3 Å². The summed E-state index contributed by atoms with van der Waals surface area (Å²) in [5, 5.41) is 0. The van der Waals surface area contributed by atoms with E-state index < -0.39 is 5.97 Å². The highest BCUT2D eigenvalue weighted by atomic mass is 16.5. The van der Waals surface area contributed by atoms with E-state index in [2.05, 4.69) is 19.1 Å². The highest BCUT2D eigenvalue weighted by molar-refractivity contribution is 6.03. The summed E-state index contributed by atoms with van der Waals surface area (Å²) in [6.45, 7) is 4.19. The van der Waals surface area contributed by atoms with Crippen LogP contribution >= 0.6 is 0 Å². The Bertz CT molecular complexity index is 458. The summed E-state index contributed by atoms with van der Waals surface area (Å²) >= 11 is 0. The number of hydrogen-bond donors (Lipinski definition) is 0. The zero-order valence-electron chi connectivity index (χ0n) is 12.2. The largest absolute Gasteiger partial charge is 0.466 e. The smallest absolute Gasteiger partial charge is 0.313 e. The molecule has 1 aromatic rings. The van der Waals surface area contributed by atoms with Gasteiger partial charge in [0.1, 0.15) is 6.42 Å². The number of hydrogen-bond acceptors (Lipinski definition) is 3. The molecule has 0 aliphatic rings. The zero-order chi connectivity index (χ0) is 14.8. The molecule has 0 aromatic heterocycles. The van der Waals surface area contributed by atoms with Gasteiger partial charge in [0.25, 0.3) is 0 Å². The molecule has 0 amide bonds. The van der Waals surface area contributed by atoms with Crippen LogP contribution in [-0.2, 0) is 20.7 Å². The lowest BCUT2D eigenvalue weighted by atomic mass is 10.1. The van der Waals surface area contributed by atoms with Crippen molar-refractivity contribution >= 4 is 17.8 Å². The van der Waals surface area contributed by atoms with E-state index in [0.29, 0.717) is 6.61 Å². The van der Waals surface area contributed by atoms with Crippen molar-refractivity contribution in [2.24, 2.45) is 0 Å².